The summed E-state index contributed by atoms with van der Waals surface area (Å²) < 4.78 is 40.4. The predicted molar refractivity (Wildman–Crippen MR) is 45.7 cm³/mol. The highest BCUT2D eigenvalue weighted by Crippen LogP contribution is 2.20. The van der Waals surface area contributed by atoms with E-state index in [1.807, 2.05) is 0 Å². The third kappa shape index (κ3) is 3.08. The van der Waals surface area contributed by atoms with E-state index in [2.05, 4.69) is 9.57 Å². The maximum absolute atomic E-state index is 12.9. The van der Waals surface area contributed by atoms with Crippen molar-refractivity contribution < 1.29 is 17.9 Å². The molecule has 0 aromatic heterocycles. The van der Waals surface area contributed by atoms with Crippen molar-refractivity contribution in [3.05, 3.63) is 29.6 Å². The lowest BCUT2D eigenvalue weighted by molar-refractivity contribution is -0.0522. The van der Waals surface area contributed by atoms with Crippen LogP contribution in [0.4, 0.5) is 13.2 Å². The lowest BCUT2D eigenvalue weighted by Gasteiger charge is -2.07. The minimum Gasteiger partial charge on any atom is -0.432 e. The Bertz CT molecular complexity index is 309. The molecule has 1 aromatic rings. The third-order valence-electron chi connectivity index (χ3n) is 1.48. The quantitative estimate of drug-likeness (QED) is 0.796. The van der Waals surface area contributed by atoms with Gasteiger partial charge in [-0.2, -0.15) is 8.78 Å². The van der Waals surface area contributed by atoms with E-state index >= 15 is 0 Å². The molecule has 14 heavy (non-hydrogen) atoms. The van der Waals surface area contributed by atoms with Gasteiger partial charge in [0.2, 0.25) is 0 Å². The van der Waals surface area contributed by atoms with Crippen molar-refractivity contribution in [3.8, 4) is 5.75 Å². The summed E-state index contributed by atoms with van der Waals surface area (Å²) in [5.41, 5.74) is 0.553. The molecule has 1 rings (SSSR count). The molecule has 2 nitrogen and oxygen atoms in total. The largest absolute Gasteiger partial charge is 0.432 e. The van der Waals surface area contributed by atoms with Crippen LogP contribution < -0.4 is 9.57 Å². The van der Waals surface area contributed by atoms with Gasteiger partial charge in [-0.15, -0.1) is 0 Å². The second-order valence-electron chi connectivity index (χ2n) is 2.45. The Balaban J connectivity index is 2.84. The van der Waals surface area contributed by atoms with Crippen LogP contribution >= 0.6 is 11.8 Å². The highest BCUT2D eigenvalue weighted by molar-refractivity contribution is 6.13. The van der Waals surface area contributed by atoms with Crippen molar-refractivity contribution in [1.82, 2.24) is 4.84 Å². The van der Waals surface area contributed by atoms with Crippen molar-refractivity contribution in [2.45, 2.75) is 13.2 Å². The van der Waals surface area contributed by atoms with Crippen LogP contribution in [0.5, 0.6) is 5.75 Å². The van der Waals surface area contributed by atoms with Crippen molar-refractivity contribution in [2.75, 3.05) is 0 Å². The fraction of sp³-hybridized carbons (Fsp3) is 0.250. The summed E-state index contributed by atoms with van der Waals surface area (Å²) in [6.45, 7) is -2.80. The summed E-state index contributed by atoms with van der Waals surface area (Å²) in [4.78, 5) is 2.29. The predicted octanol–water partition coefficient (Wildman–Crippen LogP) is 2.67. The highest BCUT2D eigenvalue weighted by Gasteiger charge is 2.10. The smallest absolute Gasteiger partial charge is 0.387 e. The number of rotatable bonds is 4. The molecule has 0 aliphatic rings. The summed E-state index contributed by atoms with van der Waals surface area (Å²) in [6, 6.07) is 3.63. The topological polar surface area (TPSA) is 21.3 Å². The van der Waals surface area contributed by atoms with E-state index in [9.17, 15) is 13.2 Å². The van der Waals surface area contributed by atoms with E-state index < -0.39 is 18.2 Å². The highest BCUT2D eigenvalue weighted by atomic mass is 35.5. The standard InChI is InChI=1S/C8H7ClF3NO/c9-13-4-5-1-2-6(10)7(3-5)14-8(11)12/h1-3,8,13H,4H2. The number of ether oxygens (including phenoxy) is 1. The van der Waals surface area contributed by atoms with Gasteiger partial charge in [-0.05, 0) is 29.5 Å². The normalized spacial score (nSPS) is 10.6. The number of halogens is 4. The number of hydrogen-bond acceptors (Lipinski definition) is 2. The molecule has 0 radical (unpaired) electrons. The summed E-state index contributed by atoms with van der Waals surface area (Å²) in [5.74, 6) is -1.31. The van der Waals surface area contributed by atoms with Crippen LogP contribution in [0, 0.1) is 5.82 Å². The van der Waals surface area contributed by atoms with E-state index in [0.29, 0.717) is 5.56 Å². The van der Waals surface area contributed by atoms with Crippen LogP contribution in [0.25, 0.3) is 0 Å². The Morgan fingerprint density at radius 2 is 2.14 bits per heavy atom. The van der Waals surface area contributed by atoms with Gasteiger partial charge < -0.3 is 4.74 Å². The Labute approximate surface area is 83.7 Å². The lowest BCUT2D eigenvalue weighted by atomic mass is 10.2. The zero-order valence-electron chi connectivity index (χ0n) is 6.94. The summed E-state index contributed by atoms with van der Waals surface area (Å²) in [5, 5.41) is 0. The molecule has 0 heterocycles. The first-order valence-electron chi connectivity index (χ1n) is 3.70. The molecule has 78 valence electrons. The van der Waals surface area contributed by atoms with Gasteiger partial charge in [-0.1, -0.05) is 6.07 Å². The van der Waals surface area contributed by atoms with Gasteiger partial charge >= 0.3 is 6.61 Å². The van der Waals surface area contributed by atoms with E-state index in [-0.39, 0.29) is 6.54 Å². The van der Waals surface area contributed by atoms with Crippen LogP contribution in [0.3, 0.4) is 0 Å². The maximum atomic E-state index is 12.9. The van der Waals surface area contributed by atoms with Crippen LogP contribution in [0.1, 0.15) is 5.56 Å². The molecule has 0 aliphatic heterocycles. The van der Waals surface area contributed by atoms with Gasteiger partial charge in [0.25, 0.3) is 0 Å². The molecule has 0 fully saturated rings. The van der Waals surface area contributed by atoms with Crippen LogP contribution in [-0.4, -0.2) is 6.61 Å². The summed E-state index contributed by atoms with van der Waals surface area (Å²) in [6.07, 6.45) is 0. The Morgan fingerprint density at radius 3 is 2.71 bits per heavy atom. The Kier molecular flexibility index (Phi) is 4.03. The second-order valence-corrected chi connectivity index (χ2v) is 2.72. The van der Waals surface area contributed by atoms with Crippen LogP contribution in [0.2, 0.25) is 0 Å². The van der Waals surface area contributed by atoms with E-state index in [1.165, 1.54) is 6.07 Å². The second kappa shape index (κ2) is 5.07. The van der Waals surface area contributed by atoms with Gasteiger partial charge in [-0.3, -0.25) is 0 Å². The molecule has 6 heteroatoms. The van der Waals surface area contributed by atoms with Crippen molar-refractivity contribution in [1.29, 1.82) is 0 Å². The first-order chi connectivity index (χ1) is 6.63. The number of alkyl halides is 2. The summed E-state index contributed by atoms with van der Waals surface area (Å²) in [7, 11) is 0. The average molecular weight is 226 g/mol. The van der Waals surface area contributed by atoms with E-state index in [1.54, 1.807) is 0 Å². The molecule has 0 bridgehead atoms. The van der Waals surface area contributed by atoms with Gasteiger partial charge in [0.15, 0.2) is 11.6 Å². The molecule has 0 saturated heterocycles. The number of hydrogen-bond donors (Lipinski definition) is 1. The zero-order valence-corrected chi connectivity index (χ0v) is 7.69. The minimum atomic E-state index is -3.04. The zero-order chi connectivity index (χ0) is 10.6. The van der Waals surface area contributed by atoms with Crippen LogP contribution in [0.15, 0.2) is 18.2 Å². The Morgan fingerprint density at radius 1 is 1.43 bits per heavy atom. The molecule has 1 aromatic carbocycles. The van der Waals surface area contributed by atoms with E-state index in [0.717, 1.165) is 12.1 Å². The van der Waals surface area contributed by atoms with Gasteiger partial charge in [-0.25, -0.2) is 9.23 Å². The van der Waals surface area contributed by atoms with Gasteiger partial charge in [0.1, 0.15) is 0 Å². The number of benzene rings is 1. The maximum Gasteiger partial charge on any atom is 0.387 e. The minimum absolute atomic E-state index is 0.238. The molecule has 0 atom stereocenters. The van der Waals surface area contributed by atoms with Crippen molar-refractivity contribution >= 4 is 11.8 Å². The third-order valence-corrected chi connectivity index (χ3v) is 1.62. The molecular formula is C8H7ClF3NO. The SMILES string of the molecule is Fc1ccc(CNCl)cc1OC(F)F. The molecule has 1 N–H and O–H groups in total. The first kappa shape index (κ1) is 11.1. The van der Waals surface area contributed by atoms with E-state index in [4.69, 9.17) is 11.8 Å². The van der Waals surface area contributed by atoms with Gasteiger partial charge in [0, 0.05) is 6.54 Å². The van der Waals surface area contributed by atoms with Crippen LogP contribution in [-0.2, 0) is 6.54 Å². The first-order valence-corrected chi connectivity index (χ1v) is 4.08. The fourth-order valence-corrected chi connectivity index (χ4v) is 1.08. The number of nitrogens with one attached hydrogen (secondary N) is 1. The molecule has 0 amide bonds. The Hall–Kier alpha value is -0.940. The molecule has 0 saturated carbocycles. The molecule has 0 aliphatic carbocycles. The fourth-order valence-electron chi connectivity index (χ4n) is 0.921. The monoisotopic (exact) mass is 225 g/mol. The molecule has 0 spiro atoms. The summed E-state index contributed by atoms with van der Waals surface area (Å²) >= 11 is 5.20. The molecular weight excluding hydrogens is 219 g/mol. The van der Waals surface area contributed by atoms with Gasteiger partial charge in [0.05, 0.1) is 0 Å². The average Bonchev–Trinajstić information content (AvgIpc) is 2.10. The lowest BCUT2D eigenvalue weighted by Crippen LogP contribution is -2.05. The van der Waals surface area contributed by atoms with Crippen molar-refractivity contribution in [2.24, 2.45) is 0 Å². The molecule has 0 unspecified atom stereocenters. The van der Waals surface area contributed by atoms with Crippen molar-refractivity contribution in [3.63, 3.8) is 0 Å².